The number of ether oxygens (including phenoxy) is 4. The molecule has 0 aliphatic carbocycles. The van der Waals surface area contributed by atoms with Crippen molar-refractivity contribution >= 4 is 11.7 Å². The van der Waals surface area contributed by atoms with Crippen molar-refractivity contribution in [3.63, 3.8) is 0 Å². The van der Waals surface area contributed by atoms with Crippen molar-refractivity contribution in [2.45, 2.75) is 32.6 Å². The van der Waals surface area contributed by atoms with Gasteiger partial charge in [0.25, 0.3) is 0 Å². The van der Waals surface area contributed by atoms with Gasteiger partial charge in [0.05, 0.1) is 39.0 Å². The van der Waals surface area contributed by atoms with Gasteiger partial charge in [-0.2, -0.15) is 0 Å². The smallest absolute Gasteiger partial charge is 0.309 e. The van der Waals surface area contributed by atoms with Crippen LogP contribution in [0.2, 0.25) is 0 Å². The van der Waals surface area contributed by atoms with Gasteiger partial charge in [-0.05, 0) is 54.7 Å². The second-order valence-electron chi connectivity index (χ2n) is 7.67. The predicted molar refractivity (Wildman–Crippen MR) is 116 cm³/mol. The van der Waals surface area contributed by atoms with Crippen molar-refractivity contribution in [3.8, 4) is 17.2 Å². The first kappa shape index (κ1) is 21.8. The molecule has 2 atom stereocenters. The average Bonchev–Trinajstić information content (AvgIpc) is 3.08. The lowest BCUT2D eigenvalue weighted by molar-refractivity contribution is -0.141. The summed E-state index contributed by atoms with van der Waals surface area (Å²) in [6.07, 6.45) is 3.39. The maximum Gasteiger partial charge on any atom is 0.309 e. The van der Waals surface area contributed by atoms with Gasteiger partial charge >= 0.3 is 5.97 Å². The Balaban J connectivity index is 1.69. The van der Waals surface area contributed by atoms with E-state index < -0.39 is 0 Å². The number of anilines is 1. The SMILES string of the molecule is CCCCOc1ccc(C[C@H]2C(=O)OC[C@@H]2Cc2ccc(OC)c(OC)c2)cc1N. The number of nitrogen functional groups attached to an aromatic ring is 1. The van der Waals surface area contributed by atoms with E-state index in [4.69, 9.17) is 24.7 Å². The summed E-state index contributed by atoms with van der Waals surface area (Å²) in [6, 6.07) is 11.6. The van der Waals surface area contributed by atoms with E-state index in [2.05, 4.69) is 6.92 Å². The van der Waals surface area contributed by atoms with E-state index in [0.29, 0.717) is 42.6 Å². The molecule has 6 heteroatoms. The second kappa shape index (κ2) is 10.2. The fourth-order valence-electron chi connectivity index (χ4n) is 3.80. The second-order valence-corrected chi connectivity index (χ2v) is 7.67. The standard InChI is InChI=1S/C24H31NO5/c1-4-5-10-29-21-8-6-17(13-20(21)25)12-19-18(15-30-24(19)26)11-16-7-9-22(27-2)23(14-16)28-3/h6-9,13-14,18-19H,4-5,10-12,15,25H2,1-3H3/t18-,19+/m0/s1. The van der Waals surface area contributed by atoms with Crippen LogP contribution in [-0.2, 0) is 22.4 Å². The highest BCUT2D eigenvalue weighted by molar-refractivity contribution is 5.75. The molecule has 0 spiro atoms. The third-order valence-electron chi connectivity index (χ3n) is 5.54. The molecule has 1 fully saturated rings. The number of carbonyl (C=O) groups excluding carboxylic acids is 1. The Labute approximate surface area is 178 Å². The number of cyclic esters (lactones) is 1. The number of esters is 1. The zero-order valence-electron chi connectivity index (χ0n) is 18.0. The number of carbonyl (C=O) groups is 1. The van der Waals surface area contributed by atoms with Crippen LogP contribution in [-0.4, -0.2) is 33.4 Å². The fraction of sp³-hybridized carbons (Fsp3) is 0.458. The van der Waals surface area contributed by atoms with Crippen molar-refractivity contribution in [2.24, 2.45) is 11.8 Å². The Morgan fingerprint density at radius 1 is 1.00 bits per heavy atom. The van der Waals surface area contributed by atoms with E-state index in [-0.39, 0.29) is 17.8 Å². The summed E-state index contributed by atoms with van der Waals surface area (Å²) >= 11 is 0. The normalized spacial score (nSPS) is 18.2. The average molecular weight is 414 g/mol. The first-order valence-corrected chi connectivity index (χ1v) is 10.4. The first-order valence-electron chi connectivity index (χ1n) is 10.4. The van der Waals surface area contributed by atoms with Gasteiger partial charge in [0, 0.05) is 5.92 Å². The van der Waals surface area contributed by atoms with E-state index in [9.17, 15) is 4.79 Å². The minimum absolute atomic E-state index is 0.0947. The zero-order valence-corrected chi connectivity index (χ0v) is 18.0. The lowest BCUT2D eigenvalue weighted by Gasteiger charge is -2.17. The molecule has 0 amide bonds. The van der Waals surface area contributed by atoms with Gasteiger partial charge in [-0.1, -0.05) is 25.5 Å². The molecule has 0 unspecified atom stereocenters. The molecule has 0 aromatic heterocycles. The van der Waals surface area contributed by atoms with E-state index in [1.165, 1.54) is 0 Å². The highest BCUT2D eigenvalue weighted by Gasteiger charge is 2.37. The Morgan fingerprint density at radius 2 is 1.70 bits per heavy atom. The van der Waals surface area contributed by atoms with Crippen molar-refractivity contribution in [3.05, 3.63) is 47.5 Å². The molecule has 0 radical (unpaired) electrons. The van der Waals surface area contributed by atoms with Crippen LogP contribution < -0.4 is 19.9 Å². The van der Waals surface area contributed by atoms with Crippen LogP contribution in [0.1, 0.15) is 30.9 Å². The molecule has 1 heterocycles. The number of hydrogen-bond acceptors (Lipinski definition) is 6. The van der Waals surface area contributed by atoms with E-state index in [1.807, 2.05) is 36.4 Å². The van der Waals surface area contributed by atoms with E-state index >= 15 is 0 Å². The van der Waals surface area contributed by atoms with Crippen LogP contribution in [0.4, 0.5) is 5.69 Å². The third-order valence-corrected chi connectivity index (χ3v) is 5.54. The number of benzene rings is 2. The molecule has 3 rings (SSSR count). The Kier molecular flexibility index (Phi) is 7.44. The molecule has 6 nitrogen and oxygen atoms in total. The van der Waals surface area contributed by atoms with Crippen LogP contribution in [0.25, 0.3) is 0 Å². The monoisotopic (exact) mass is 413 g/mol. The van der Waals surface area contributed by atoms with Crippen molar-refractivity contribution in [2.75, 3.05) is 33.2 Å². The molecule has 0 bridgehead atoms. The Morgan fingerprint density at radius 3 is 2.37 bits per heavy atom. The molecule has 1 aliphatic heterocycles. The van der Waals surface area contributed by atoms with Crippen LogP contribution >= 0.6 is 0 Å². The van der Waals surface area contributed by atoms with Crippen LogP contribution in [0, 0.1) is 11.8 Å². The summed E-state index contributed by atoms with van der Waals surface area (Å²) in [6.45, 7) is 3.20. The lowest BCUT2D eigenvalue weighted by Crippen LogP contribution is -2.20. The quantitative estimate of drug-likeness (QED) is 0.360. The molecule has 1 saturated heterocycles. The van der Waals surface area contributed by atoms with Gasteiger partial charge in [-0.3, -0.25) is 4.79 Å². The summed E-state index contributed by atoms with van der Waals surface area (Å²) in [5, 5.41) is 0. The summed E-state index contributed by atoms with van der Waals surface area (Å²) in [5.41, 5.74) is 8.86. The topological polar surface area (TPSA) is 80.0 Å². The summed E-state index contributed by atoms with van der Waals surface area (Å²) in [4.78, 5) is 12.4. The molecular formula is C24H31NO5. The number of methoxy groups -OCH3 is 2. The van der Waals surface area contributed by atoms with E-state index in [1.54, 1.807) is 14.2 Å². The first-order chi connectivity index (χ1) is 14.5. The number of unbranched alkanes of at least 4 members (excludes halogenated alkanes) is 1. The Bertz CT molecular complexity index is 867. The highest BCUT2D eigenvalue weighted by Crippen LogP contribution is 2.34. The van der Waals surface area contributed by atoms with Gasteiger partial charge in [-0.15, -0.1) is 0 Å². The highest BCUT2D eigenvalue weighted by atomic mass is 16.5. The summed E-state index contributed by atoms with van der Waals surface area (Å²) < 4.78 is 21.8. The Hall–Kier alpha value is -2.89. The van der Waals surface area contributed by atoms with Crippen LogP contribution in [0.15, 0.2) is 36.4 Å². The fourth-order valence-corrected chi connectivity index (χ4v) is 3.80. The molecule has 2 N–H and O–H groups in total. The number of nitrogens with two attached hydrogens (primary N) is 1. The molecule has 162 valence electrons. The van der Waals surface area contributed by atoms with Gasteiger partial charge in [0.15, 0.2) is 11.5 Å². The minimum Gasteiger partial charge on any atom is -0.493 e. The van der Waals surface area contributed by atoms with Crippen molar-refractivity contribution < 1.29 is 23.7 Å². The third kappa shape index (κ3) is 5.17. The van der Waals surface area contributed by atoms with Crippen molar-refractivity contribution in [1.29, 1.82) is 0 Å². The van der Waals surface area contributed by atoms with Gasteiger partial charge in [0.1, 0.15) is 5.75 Å². The zero-order chi connectivity index (χ0) is 21.5. The van der Waals surface area contributed by atoms with E-state index in [0.717, 1.165) is 30.4 Å². The van der Waals surface area contributed by atoms with Crippen LogP contribution in [0.3, 0.4) is 0 Å². The number of hydrogen-bond donors (Lipinski definition) is 1. The summed E-state index contributed by atoms with van der Waals surface area (Å²) in [7, 11) is 3.23. The minimum atomic E-state index is -0.204. The largest absolute Gasteiger partial charge is 0.493 e. The lowest BCUT2D eigenvalue weighted by atomic mass is 9.85. The van der Waals surface area contributed by atoms with Crippen LogP contribution in [0.5, 0.6) is 17.2 Å². The summed E-state index contributed by atoms with van der Waals surface area (Å²) in [5.74, 6) is 1.81. The van der Waals surface area contributed by atoms with Gasteiger partial charge in [-0.25, -0.2) is 0 Å². The maximum absolute atomic E-state index is 12.4. The molecule has 0 saturated carbocycles. The molecule has 30 heavy (non-hydrogen) atoms. The molecule has 1 aliphatic rings. The van der Waals surface area contributed by atoms with Gasteiger partial charge in [0.2, 0.25) is 0 Å². The number of rotatable bonds is 10. The van der Waals surface area contributed by atoms with Gasteiger partial charge < -0.3 is 24.7 Å². The molecule has 2 aromatic carbocycles. The predicted octanol–water partition coefficient (Wildman–Crippen LogP) is 4.04. The maximum atomic E-state index is 12.4. The molecule has 2 aromatic rings. The van der Waals surface area contributed by atoms with Crippen molar-refractivity contribution in [1.82, 2.24) is 0 Å². The molecular weight excluding hydrogens is 382 g/mol.